The van der Waals surface area contributed by atoms with Crippen LogP contribution in [0.4, 0.5) is 0 Å². The minimum absolute atomic E-state index is 0.0447. The van der Waals surface area contributed by atoms with Gasteiger partial charge in [0.15, 0.2) is 0 Å². The molecule has 0 spiro atoms. The highest BCUT2D eigenvalue weighted by atomic mass is 16.4. The fourth-order valence-electron chi connectivity index (χ4n) is 2.37. The number of carboxylic acid groups (broad SMARTS) is 1. The quantitative estimate of drug-likeness (QED) is 0.481. The second-order valence-electron chi connectivity index (χ2n) is 5.35. The van der Waals surface area contributed by atoms with Gasteiger partial charge in [-0.15, -0.1) is 0 Å². The number of carboxylic acids is 1. The molecule has 2 rings (SSSR count). The maximum atomic E-state index is 12.0. The van der Waals surface area contributed by atoms with Crippen molar-refractivity contribution < 1.29 is 19.5 Å². The third-order valence-corrected chi connectivity index (χ3v) is 3.76. The number of rotatable bonds is 6. The summed E-state index contributed by atoms with van der Waals surface area (Å²) in [5, 5.41) is 14.6. The molecule has 0 bridgehead atoms. The first kappa shape index (κ1) is 14.6. The monoisotopic (exact) mass is 280 g/mol. The number of hydrogen-bond acceptors (Lipinski definition) is 3. The van der Waals surface area contributed by atoms with Gasteiger partial charge in [0.05, 0.1) is 11.8 Å². The molecule has 6 nitrogen and oxygen atoms in total. The predicted molar refractivity (Wildman–Crippen MR) is 71.7 cm³/mol. The van der Waals surface area contributed by atoms with Gasteiger partial charge >= 0.3 is 5.97 Å². The van der Waals surface area contributed by atoms with Crippen LogP contribution in [0.3, 0.4) is 0 Å². The molecule has 2 unspecified atom stereocenters. The highest BCUT2D eigenvalue weighted by Gasteiger charge is 2.33. The molecule has 0 radical (unpaired) electrons. The molecule has 0 heterocycles. The van der Waals surface area contributed by atoms with Crippen LogP contribution in [0.1, 0.15) is 25.7 Å². The molecule has 0 saturated heterocycles. The lowest BCUT2D eigenvalue weighted by molar-refractivity contribution is -0.147. The summed E-state index contributed by atoms with van der Waals surface area (Å²) in [6, 6.07) is 0. The molecule has 2 aliphatic carbocycles. The smallest absolute Gasteiger partial charge is 0.307 e. The zero-order chi connectivity index (χ0) is 14.5. The van der Waals surface area contributed by atoms with Gasteiger partial charge in [0.2, 0.25) is 11.8 Å². The summed E-state index contributed by atoms with van der Waals surface area (Å²) in [5.41, 5.74) is 0. The Balaban J connectivity index is 1.71. The number of carbonyl (C=O) groups excluding carboxylic acids is 2. The van der Waals surface area contributed by atoms with Crippen molar-refractivity contribution in [2.75, 3.05) is 13.1 Å². The van der Waals surface area contributed by atoms with Crippen LogP contribution in [-0.2, 0) is 14.4 Å². The van der Waals surface area contributed by atoms with Crippen LogP contribution in [0.15, 0.2) is 12.2 Å². The summed E-state index contributed by atoms with van der Waals surface area (Å²) >= 11 is 0. The summed E-state index contributed by atoms with van der Waals surface area (Å²) < 4.78 is 0. The lowest BCUT2D eigenvalue weighted by atomic mass is 9.82. The van der Waals surface area contributed by atoms with Crippen LogP contribution in [0.25, 0.3) is 0 Å². The van der Waals surface area contributed by atoms with Crippen molar-refractivity contribution in [3.63, 3.8) is 0 Å². The van der Waals surface area contributed by atoms with Crippen LogP contribution in [-0.4, -0.2) is 36.0 Å². The second-order valence-corrected chi connectivity index (χ2v) is 5.35. The highest BCUT2D eigenvalue weighted by molar-refractivity contribution is 5.85. The fourth-order valence-corrected chi connectivity index (χ4v) is 2.37. The SMILES string of the molecule is O=C(NCCNC(=O)C1CC=CCC1C(=O)O)C1CC1. The molecule has 2 atom stereocenters. The first-order chi connectivity index (χ1) is 9.59. The first-order valence-electron chi connectivity index (χ1n) is 7.03. The van der Waals surface area contributed by atoms with Crippen LogP contribution in [0.5, 0.6) is 0 Å². The largest absolute Gasteiger partial charge is 0.481 e. The Morgan fingerprint density at radius 3 is 2.05 bits per heavy atom. The van der Waals surface area contributed by atoms with E-state index in [2.05, 4.69) is 10.6 Å². The average Bonchev–Trinajstić information content (AvgIpc) is 3.27. The van der Waals surface area contributed by atoms with Crippen LogP contribution in [0, 0.1) is 17.8 Å². The third-order valence-electron chi connectivity index (χ3n) is 3.76. The van der Waals surface area contributed by atoms with Crippen LogP contribution < -0.4 is 10.6 Å². The maximum absolute atomic E-state index is 12.0. The highest BCUT2D eigenvalue weighted by Crippen LogP contribution is 2.28. The summed E-state index contributed by atoms with van der Waals surface area (Å²) in [6.07, 6.45) is 6.40. The van der Waals surface area contributed by atoms with Crippen molar-refractivity contribution in [2.24, 2.45) is 17.8 Å². The van der Waals surface area contributed by atoms with Gasteiger partial charge in [-0.1, -0.05) is 12.2 Å². The van der Waals surface area contributed by atoms with Crippen LogP contribution >= 0.6 is 0 Å². The number of amides is 2. The van der Waals surface area contributed by atoms with E-state index in [4.69, 9.17) is 5.11 Å². The number of carbonyl (C=O) groups is 3. The van der Waals surface area contributed by atoms with Gasteiger partial charge in [-0.05, 0) is 25.7 Å². The summed E-state index contributed by atoms with van der Waals surface area (Å²) in [6.45, 7) is 0.727. The normalized spacial score (nSPS) is 25.0. The van der Waals surface area contributed by atoms with E-state index >= 15 is 0 Å². The zero-order valence-electron chi connectivity index (χ0n) is 11.3. The van der Waals surface area contributed by atoms with Crippen molar-refractivity contribution in [1.82, 2.24) is 10.6 Å². The molecule has 110 valence electrons. The molecule has 2 aliphatic rings. The third kappa shape index (κ3) is 3.82. The van der Waals surface area contributed by atoms with Gasteiger partial charge in [-0.3, -0.25) is 14.4 Å². The standard InChI is InChI=1S/C14H20N2O4/c17-12(9-5-6-9)15-7-8-16-13(18)10-3-1-2-4-11(10)14(19)20/h1-2,9-11H,3-8H2,(H,15,17)(H,16,18)(H,19,20). The Labute approximate surface area is 117 Å². The van der Waals surface area contributed by atoms with E-state index in [1.54, 1.807) is 6.08 Å². The summed E-state index contributed by atoms with van der Waals surface area (Å²) in [5.74, 6) is -2.15. The molecule has 0 aliphatic heterocycles. The summed E-state index contributed by atoms with van der Waals surface area (Å²) in [7, 11) is 0. The van der Waals surface area contributed by atoms with E-state index in [-0.39, 0.29) is 17.7 Å². The van der Waals surface area contributed by atoms with Gasteiger partial charge in [0, 0.05) is 19.0 Å². The maximum Gasteiger partial charge on any atom is 0.307 e. The first-order valence-corrected chi connectivity index (χ1v) is 7.03. The van der Waals surface area contributed by atoms with Gasteiger partial charge in [-0.2, -0.15) is 0 Å². The van der Waals surface area contributed by atoms with Crippen LogP contribution in [0.2, 0.25) is 0 Å². The van der Waals surface area contributed by atoms with E-state index < -0.39 is 17.8 Å². The topological polar surface area (TPSA) is 95.5 Å². The van der Waals surface area contributed by atoms with E-state index in [9.17, 15) is 14.4 Å². The lowest BCUT2D eigenvalue weighted by Gasteiger charge is -2.24. The second kappa shape index (κ2) is 6.54. The molecule has 0 aromatic carbocycles. The molecular formula is C14H20N2O4. The molecule has 1 fully saturated rings. The van der Waals surface area contributed by atoms with Crippen molar-refractivity contribution in [3.8, 4) is 0 Å². The molecule has 20 heavy (non-hydrogen) atoms. The van der Waals surface area contributed by atoms with Crippen molar-refractivity contribution in [3.05, 3.63) is 12.2 Å². The average molecular weight is 280 g/mol. The Kier molecular flexibility index (Phi) is 4.76. The van der Waals surface area contributed by atoms with E-state index in [1.807, 2.05) is 6.08 Å². The fraction of sp³-hybridized carbons (Fsp3) is 0.643. The molecule has 0 aromatic rings. The predicted octanol–water partition coefficient (Wildman–Crippen LogP) is 0.296. The Hall–Kier alpha value is -1.85. The molecule has 0 aromatic heterocycles. The number of aliphatic carboxylic acids is 1. The molecular weight excluding hydrogens is 260 g/mol. The van der Waals surface area contributed by atoms with Crippen molar-refractivity contribution in [1.29, 1.82) is 0 Å². The minimum atomic E-state index is -0.934. The van der Waals surface area contributed by atoms with Crippen molar-refractivity contribution >= 4 is 17.8 Å². The Morgan fingerprint density at radius 1 is 0.950 bits per heavy atom. The summed E-state index contributed by atoms with van der Waals surface area (Å²) in [4.78, 5) is 34.5. The van der Waals surface area contributed by atoms with Gasteiger partial charge in [-0.25, -0.2) is 0 Å². The Morgan fingerprint density at radius 2 is 1.50 bits per heavy atom. The molecule has 2 amide bonds. The zero-order valence-corrected chi connectivity index (χ0v) is 11.3. The van der Waals surface area contributed by atoms with E-state index in [0.29, 0.717) is 25.9 Å². The van der Waals surface area contributed by atoms with E-state index in [0.717, 1.165) is 12.8 Å². The van der Waals surface area contributed by atoms with Gasteiger partial charge < -0.3 is 15.7 Å². The number of hydrogen-bond donors (Lipinski definition) is 3. The molecule has 1 saturated carbocycles. The molecule has 3 N–H and O–H groups in total. The van der Waals surface area contributed by atoms with Gasteiger partial charge in [0.1, 0.15) is 0 Å². The minimum Gasteiger partial charge on any atom is -0.481 e. The molecule has 6 heteroatoms. The number of allylic oxidation sites excluding steroid dienone is 2. The Bertz CT molecular complexity index is 429. The van der Waals surface area contributed by atoms with E-state index in [1.165, 1.54) is 0 Å². The van der Waals surface area contributed by atoms with Gasteiger partial charge in [0.25, 0.3) is 0 Å². The van der Waals surface area contributed by atoms with Crippen molar-refractivity contribution in [2.45, 2.75) is 25.7 Å². The lowest BCUT2D eigenvalue weighted by Crippen LogP contribution is -2.42. The number of nitrogens with one attached hydrogen (secondary N) is 2.